The van der Waals surface area contributed by atoms with Crippen LogP contribution < -0.4 is 14.2 Å². The lowest BCUT2D eigenvalue weighted by molar-refractivity contribution is 0.340. The zero-order chi connectivity index (χ0) is 16.5. The molecule has 0 saturated heterocycles. The average molecular weight is 388 g/mol. The van der Waals surface area contributed by atoms with E-state index in [1.54, 1.807) is 20.3 Å². The van der Waals surface area contributed by atoms with Crippen molar-refractivity contribution in [2.75, 3.05) is 20.8 Å². The molecule has 0 radical (unpaired) electrons. The highest BCUT2D eigenvalue weighted by Crippen LogP contribution is 2.32. The van der Waals surface area contributed by atoms with Gasteiger partial charge in [0, 0.05) is 9.50 Å². The zero-order valence-corrected chi connectivity index (χ0v) is 15.5. The first-order valence-electron chi connectivity index (χ1n) is 6.78. The number of halogens is 2. The molecule has 0 atom stereocenters. The van der Waals surface area contributed by atoms with Crippen molar-refractivity contribution < 1.29 is 14.2 Å². The third-order valence-electron chi connectivity index (χ3n) is 2.77. The minimum Gasteiger partial charge on any atom is -0.494 e. The minimum atomic E-state index is 0.681. The Kier molecular flexibility index (Phi) is 8.13. The van der Waals surface area contributed by atoms with Crippen molar-refractivity contribution in [3.63, 3.8) is 0 Å². The maximum atomic E-state index is 5.70. The van der Waals surface area contributed by atoms with Gasteiger partial charge in [0.1, 0.15) is 5.75 Å². The Hall–Kier alpha value is -1.39. The number of hydrogen-bond acceptors (Lipinski definition) is 3. The summed E-state index contributed by atoms with van der Waals surface area (Å²) in [6, 6.07) is 11.2. The van der Waals surface area contributed by atoms with Crippen LogP contribution >= 0.6 is 27.5 Å². The zero-order valence-electron chi connectivity index (χ0n) is 13.2. The van der Waals surface area contributed by atoms with E-state index in [2.05, 4.69) is 15.9 Å². The van der Waals surface area contributed by atoms with Crippen LogP contribution in [0.2, 0.25) is 5.02 Å². The molecule has 0 bridgehead atoms. The van der Waals surface area contributed by atoms with Gasteiger partial charge in [0.05, 0.1) is 20.8 Å². The van der Waals surface area contributed by atoms with Crippen LogP contribution in [0.15, 0.2) is 40.9 Å². The summed E-state index contributed by atoms with van der Waals surface area (Å²) >= 11 is 9.12. The molecule has 2 rings (SSSR count). The molecule has 22 heavy (non-hydrogen) atoms. The fourth-order valence-corrected chi connectivity index (χ4v) is 2.18. The van der Waals surface area contributed by atoms with Crippen LogP contribution in [-0.4, -0.2) is 20.8 Å². The molecular formula is C17H20BrClO3. The molecule has 5 heteroatoms. The summed E-state index contributed by atoms with van der Waals surface area (Å²) < 4.78 is 16.5. The van der Waals surface area contributed by atoms with E-state index < -0.39 is 0 Å². The van der Waals surface area contributed by atoms with Crippen molar-refractivity contribution in [2.45, 2.75) is 13.8 Å². The molecule has 0 saturated carbocycles. The lowest BCUT2D eigenvalue weighted by atomic mass is 10.2. The van der Waals surface area contributed by atoms with E-state index in [9.17, 15) is 0 Å². The standard InChI is InChI=1S/C9H11BrO2.C8H9ClO/c1-6-4-8(11-2)9(12-3)5-7(6)10;1-2-10-8-5-3-4-7(9)6-8/h4-5H,1-3H3;3-6H,2H2,1H3. The molecule has 0 aliphatic carbocycles. The van der Waals surface area contributed by atoms with E-state index >= 15 is 0 Å². The van der Waals surface area contributed by atoms with Crippen LogP contribution in [0.25, 0.3) is 0 Å². The predicted octanol–water partition coefficient (Wildman–Crippen LogP) is 5.51. The molecule has 0 unspecified atom stereocenters. The highest BCUT2D eigenvalue weighted by Gasteiger charge is 2.05. The Morgan fingerprint density at radius 3 is 2.23 bits per heavy atom. The first-order valence-corrected chi connectivity index (χ1v) is 7.95. The van der Waals surface area contributed by atoms with Crippen molar-refractivity contribution in [3.8, 4) is 17.2 Å². The predicted molar refractivity (Wildman–Crippen MR) is 94.6 cm³/mol. The number of rotatable bonds is 4. The van der Waals surface area contributed by atoms with Gasteiger partial charge in [-0.3, -0.25) is 0 Å². The fraction of sp³-hybridized carbons (Fsp3) is 0.294. The molecule has 0 fully saturated rings. The second kappa shape index (κ2) is 9.59. The van der Waals surface area contributed by atoms with Crippen molar-refractivity contribution in [3.05, 3.63) is 51.5 Å². The van der Waals surface area contributed by atoms with Gasteiger partial charge in [0.25, 0.3) is 0 Å². The van der Waals surface area contributed by atoms with E-state index in [0.29, 0.717) is 11.6 Å². The van der Waals surface area contributed by atoms with Gasteiger partial charge < -0.3 is 14.2 Å². The summed E-state index contributed by atoms with van der Waals surface area (Å²) in [6.07, 6.45) is 0. The van der Waals surface area contributed by atoms with E-state index in [1.807, 2.05) is 44.2 Å². The quantitative estimate of drug-likeness (QED) is 0.692. The summed E-state index contributed by atoms with van der Waals surface area (Å²) in [6.45, 7) is 4.63. The van der Waals surface area contributed by atoms with E-state index in [-0.39, 0.29) is 0 Å². The minimum absolute atomic E-state index is 0.681. The Morgan fingerprint density at radius 2 is 1.68 bits per heavy atom. The molecule has 3 nitrogen and oxygen atoms in total. The summed E-state index contributed by atoms with van der Waals surface area (Å²) in [4.78, 5) is 0. The van der Waals surface area contributed by atoms with Crippen molar-refractivity contribution in [1.82, 2.24) is 0 Å². The molecule has 0 N–H and O–H groups in total. The maximum absolute atomic E-state index is 5.70. The third kappa shape index (κ3) is 5.78. The van der Waals surface area contributed by atoms with E-state index in [4.69, 9.17) is 25.8 Å². The van der Waals surface area contributed by atoms with E-state index in [1.165, 1.54) is 0 Å². The van der Waals surface area contributed by atoms with Gasteiger partial charge in [-0.1, -0.05) is 33.6 Å². The Labute approximate surface area is 145 Å². The molecule has 120 valence electrons. The van der Waals surface area contributed by atoms with Gasteiger partial charge in [-0.2, -0.15) is 0 Å². The smallest absolute Gasteiger partial charge is 0.161 e. The highest BCUT2D eigenvalue weighted by molar-refractivity contribution is 9.10. The van der Waals surface area contributed by atoms with Gasteiger partial charge in [-0.25, -0.2) is 0 Å². The molecule has 0 spiro atoms. The average Bonchev–Trinajstić information content (AvgIpc) is 2.50. The molecule has 0 heterocycles. The Bertz CT molecular complexity index is 573. The van der Waals surface area contributed by atoms with Crippen LogP contribution in [0.3, 0.4) is 0 Å². The molecule has 0 aliphatic rings. The largest absolute Gasteiger partial charge is 0.494 e. The van der Waals surface area contributed by atoms with Gasteiger partial charge in [0.15, 0.2) is 11.5 Å². The van der Waals surface area contributed by atoms with Gasteiger partial charge >= 0.3 is 0 Å². The number of hydrogen-bond donors (Lipinski definition) is 0. The van der Waals surface area contributed by atoms with Crippen LogP contribution in [0, 0.1) is 6.92 Å². The molecule has 0 aliphatic heterocycles. The maximum Gasteiger partial charge on any atom is 0.161 e. The van der Waals surface area contributed by atoms with Gasteiger partial charge in [-0.15, -0.1) is 0 Å². The first-order chi connectivity index (χ1) is 10.5. The second-order valence-electron chi connectivity index (χ2n) is 4.35. The SMILES string of the molecule is CCOc1cccc(Cl)c1.COc1cc(C)c(Br)cc1OC. The normalized spacial score (nSPS) is 9.55. The summed E-state index contributed by atoms with van der Waals surface area (Å²) in [5.74, 6) is 2.34. The summed E-state index contributed by atoms with van der Waals surface area (Å²) in [7, 11) is 3.25. The van der Waals surface area contributed by atoms with Crippen LogP contribution in [-0.2, 0) is 0 Å². The van der Waals surface area contributed by atoms with Crippen molar-refractivity contribution >= 4 is 27.5 Å². The van der Waals surface area contributed by atoms with Crippen LogP contribution in [0.5, 0.6) is 17.2 Å². The summed E-state index contributed by atoms with van der Waals surface area (Å²) in [5.41, 5.74) is 1.13. The topological polar surface area (TPSA) is 27.7 Å². The third-order valence-corrected chi connectivity index (χ3v) is 3.86. The first kappa shape index (κ1) is 18.7. The van der Waals surface area contributed by atoms with Crippen molar-refractivity contribution in [2.24, 2.45) is 0 Å². The molecule has 2 aromatic carbocycles. The highest BCUT2D eigenvalue weighted by atomic mass is 79.9. The van der Waals surface area contributed by atoms with Gasteiger partial charge in [-0.05, 0) is 49.7 Å². The fourth-order valence-electron chi connectivity index (χ4n) is 1.68. The van der Waals surface area contributed by atoms with Crippen LogP contribution in [0.1, 0.15) is 12.5 Å². The molecule has 2 aromatic rings. The lowest BCUT2D eigenvalue weighted by Gasteiger charge is -2.08. The number of methoxy groups -OCH3 is 2. The Balaban J connectivity index is 0.000000224. The number of ether oxygens (including phenoxy) is 3. The van der Waals surface area contributed by atoms with E-state index in [0.717, 1.165) is 27.3 Å². The summed E-state index contributed by atoms with van der Waals surface area (Å²) in [5, 5.41) is 0.714. The molecule has 0 amide bonds. The Morgan fingerprint density at radius 1 is 1.05 bits per heavy atom. The monoisotopic (exact) mass is 386 g/mol. The second-order valence-corrected chi connectivity index (χ2v) is 5.64. The number of benzene rings is 2. The van der Waals surface area contributed by atoms with Gasteiger partial charge in [0.2, 0.25) is 0 Å². The molecule has 0 aromatic heterocycles. The van der Waals surface area contributed by atoms with Crippen molar-refractivity contribution in [1.29, 1.82) is 0 Å². The number of aryl methyl sites for hydroxylation is 1. The lowest BCUT2D eigenvalue weighted by Crippen LogP contribution is -1.91. The van der Waals surface area contributed by atoms with Crippen LogP contribution in [0.4, 0.5) is 0 Å². The molecular weight excluding hydrogens is 368 g/mol.